The van der Waals surface area contributed by atoms with Crippen molar-refractivity contribution >= 4 is 36.3 Å². The highest BCUT2D eigenvalue weighted by molar-refractivity contribution is 7.80. The van der Waals surface area contributed by atoms with Crippen LogP contribution < -0.4 is 21.7 Å². The number of phenolic OH excluding ortho intramolecular Hbond substituents is 1. The van der Waals surface area contributed by atoms with Gasteiger partial charge in [0.25, 0.3) is 0 Å². The molecule has 0 saturated heterocycles. The van der Waals surface area contributed by atoms with Gasteiger partial charge in [-0.3, -0.25) is 14.4 Å². The summed E-state index contributed by atoms with van der Waals surface area (Å²) in [5.41, 5.74) is 6.42. The number of phenols is 1. The molecule has 12 heteroatoms. The summed E-state index contributed by atoms with van der Waals surface area (Å²) in [5.74, 6) is -3.80. The number of carbonyl (C=O) groups excluding carboxylic acids is 3. The van der Waals surface area contributed by atoms with Gasteiger partial charge in [0.1, 0.15) is 23.9 Å². The lowest BCUT2D eigenvalue weighted by Gasteiger charge is -2.26. The van der Waals surface area contributed by atoms with Crippen molar-refractivity contribution in [3.05, 3.63) is 29.8 Å². The second kappa shape index (κ2) is 13.8. The van der Waals surface area contributed by atoms with Crippen molar-refractivity contribution in [2.75, 3.05) is 5.75 Å². The molecule has 0 fully saturated rings. The Morgan fingerprint density at radius 3 is 2.00 bits per heavy atom. The van der Waals surface area contributed by atoms with E-state index in [1.54, 1.807) is 6.92 Å². The average molecular weight is 499 g/mol. The fourth-order valence-electron chi connectivity index (χ4n) is 2.96. The maximum atomic E-state index is 12.7. The Labute approximate surface area is 203 Å². The standard InChI is InChI=1S/C22H34N4O7S/c1-4-11(2)17(23)20(30)25-16(10-34)19(29)26-18(12(3)27)21(31)24-15(22(32)33)9-13-5-7-14(28)8-6-13/h5-8,11-12,15-18,27-28,34H,4,9-10,23H2,1-3H3,(H,24,31)(H,25,30)(H,26,29)(H,32,33). The van der Waals surface area contributed by atoms with Gasteiger partial charge in [0.05, 0.1) is 12.1 Å². The lowest BCUT2D eigenvalue weighted by molar-refractivity contribution is -0.143. The molecule has 0 bridgehead atoms. The van der Waals surface area contributed by atoms with Gasteiger partial charge < -0.3 is 37.0 Å². The number of thiol groups is 1. The molecule has 0 aliphatic heterocycles. The summed E-state index contributed by atoms with van der Waals surface area (Å²) in [6, 6.07) is 0.965. The quantitative estimate of drug-likeness (QED) is 0.161. The van der Waals surface area contributed by atoms with E-state index in [1.807, 2.05) is 6.92 Å². The summed E-state index contributed by atoms with van der Waals surface area (Å²) < 4.78 is 0. The van der Waals surface area contributed by atoms with Crippen LogP contribution in [0.4, 0.5) is 0 Å². The number of carbonyl (C=O) groups is 4. The Morgan fingerprint density at radius 2 is 1.53 bits per heavy atom. The fourth-order valence-corrected chi connectivity index (χ4v) is 3.22. The van der Waals surface area contributed by atoms with E-state index in [9.17, 15) is 34.5 Å². The van der Waals surface area contributed by atoms with Crippen molar-refractivity contribution < 1.29 is 34.5 Å². The Morgan fingerprint density at radius 1 is 0.971 bits per heavy atom. The Kier molecular flexibility index (Phi) is 11.8. The van der Waals surface area contributed by atoms with Gasteiger partial charge in [0, 0.05) is 12.2 Å². The zero-order valence-corrected chi connectivity index (χ0v) is 20.3. The zero-order chi connectivity index (χ0) is 26.0. The first kappa shape index (κ1) is 29.2. The number of nitrogens with two attached hydrogens (primary N) is 1. The van der Waals surface area contributed by atoms with Crippen molar-refractivity contribution in [1.29, 1.82) is 0 Å². The van der Waals surface area contributed by atoms with Crippen LogP contribution in [0.25, 0.3) is 0 Å². The predicted molar refractivity (Wildman–Crippen MR) is 128 cm³/mol. The van der Waals surface area contributed by atoms with Gasteiger partial charge in [0.2, 0.25) is 17.7 Å². The number of rotatable bonds is 13. The number of carboxylic acids is 1. The van der Waals surface area contributed by atoms with Gasteiger partial charge in [-0.05, 0) is 30.5 Å². The summed E-state index contributed by atoms with van der Waals surface area (Å²) >= 11 is 4.07. The molecule has 6 atom stereocenters. The van der Waals surface area contributed by atoms with Crippen molar-refractivity contribution in [2.45, 2.75) is 63.9 Å². The largest absolute Gasteiger partial charge is 0.508 e. The lowest BCUT2D eigenvalue weighted by atomic mass is 9.99. The normalized spacial score (nSPS) is 16.3. The summed E-state index contributed by atoms with van der Waals surface area (Å²) in [5, 5.41) is 36.0. The minimum absolute atomic E-state index is 0.00693. The minimum atomic E-state index is -1.49. The first-order chi connectivity index (χ1) is 15.9. The third kappa shape index (κ3) is 8.84. The molecule has 0 heterocycles. The Hall–Kier alpha value is -2.83. The number of aliphatic hydroxyl groups is 1. The molecule has 6 unspecified atom stereocenters. The van der Waals surface area contributed by atoms with E-state index in [0.29, 0.717) is 12.0 Å². The van der Waals surface area contributed by atoms with Crippen LogP contribution in [0.1, 0.15) is 32.8 Å². The number of benzene rings is 1. The van der Waals surface area contributed by atoms with E-state index < -0.39 is 54.0 Å². The van der Waals surface area contributed by atoms with Crippen LogP contribution in [0, 0.1) is 5.92 Å². The first-order valence-electron chi connectivity index (χ1n) is 10.9. The van der Waals surface area contributed by atoms with E-state index >= 15 is 0 Å². The monoisotopic (exact) mass is 498 g/mol. The van der Waals surface area contributed by atoms with E-state index in [1.165, 1.54) is 31.2 Å². The van der Waals surface area contributed by atoms with Gasteiger partial charge in [0.15, 0.2) is 0 Å². The molecule has 8 N–H and O–H groups in total. The molecule has 0 aliphatic rings. The van der Waals surface area contributed by atoms with E-state index in [2.05, 4.69) is 28.6 Å². The second-order valence-corrected chi connectivity index (χ2v) is 8.52. The Balaban J connectivity index is 2.88. The molecular weight excluding hydrogens is 464 g/mol. The number of aliphatic hydroxyl groups excluding tert-OH is 1. The van der Waals surface area contributed by atoms with E-state index in [-0.39, 0.29) is 23.8 Å². The van der Waals surface area contributed by atoms with Crippen LogP contribution in [0.15, 0.2) is 24.3 Å². The number of carboxylic acid groups (broad SMARTS) is 1. The average Bonchev–Trinajstić information content (AvgIpc) is 2.79. The van der Waals surface area contributed by atoms with Gasteiger partial charge >= 0.3 is 5.97 Å². The van der Waals surface area contributed by atoms with Crippen molar-refractivity contribution in [2.24, 2.45) is 11.7 Å². The molecular formula is C22H34N4O7S. The SMILES string of the molecule is CCC(C)C(N)C(=O)NC(CS)C(=O)NC(C(=O)NC(Cc1ccc(O)cc1)C(=O)O)C(C)O. The Bertz CT molecular complexity index is 850. The van der Waals surface area contributed by atoms with Crippen molar-refractivity contribution in [3.8, 4) is 5.75 Å². The number of amides is 3. The molecule has 1 rings (SSSR count). The molecule has 0 spiro atoms. The molecule has 1 aromatic carbocycles. The molecule has 11 nitrogen and oxygen atoms in total. The summed E-state index contributed by atoms with van der Waals surface area (Å²) in [6.07, 6.45) is -0.804. The third-order valence-electron chi connectivity index (χ3n) is 5.43. The zero-order valence-electron chi connectivity index (χ0n) is 19.4. The highest BCUT2D eigenvalue weighted by atomic mass is 32.1. The summed E-state index contributed by atoms with van der Waals surface area (Å²) in [7, 11) is 0. The minimum Gasteiger partial charge on any atom is -0.508 e. The van der Waals surface area contributed by atoms with Crippen molar-refractivity contribution in [3.63, 3.8) is 0 Å². The molecule has 1 aromatic rings. The number of aromatic hydroxyl groups is 1. The van der Waals surface area contributed by atoms with Crippen molar-refractivity contribution in [1.82, 2.24) is 16.0 Å². The molecule has 190 valence electrons. The topological polar surface area (TPSA) is 191 Å². The number of hydrogen-bond acceptors (Lipinski definition) is 8. The second-order valence-electron chi connectivity index (χ2n) is 8.15. The van der Waals surface area contributed by atoms with E-state index in [0.717, 1.165) is 0 Å². The third-order valence-corrected chi connectivity index (χ3v) is 5.79. The number of nitrogens with one attached hydrogen (secondary N) is 3. The lowest BCUT2D eigenvalue weighted by Crippen LogP contribution is -2.60. The van der Waals surface area contributed by atoms with Crippen LogP contribution in [0.5, 0.6) is 5.75 Å². The van der Waals surface area contributed by atoms with E-state index in [4.69, 9.17) is 5.73 Å². The molecule has 34 heavy (non-hydrogen) atoms. The molecule has 0 aliphatic carbocycles. The first-order valence-corrected chi connectivity index (χ1v) is 11.5. The number of hydrogen-bond donors (Lipinski definition) is 8. The maximum absolute atomic E-state index is 12.7. The highest BCUT2D eigenvalue weighted by Crippen LogP contribution is 2.12. The summed E-state index contributed by atoms with van der Waals surface area (Å²) in [4.78, 5) is 49.4. The molecule has 3 amide bonds. The van der Waals surface area contributed by atoms with Gasteiger partial charge in [-0.15, -0.1) is 0 Å². The van der Waals surface area contributed by atoms with Gasteiger partial charge in [-0.1, -0.05) is 32.4 Å². The van der Waals surface area contributed by atoms with Crippen LogP contribution in [-0.2, 0) is 25.6 Å². The number of aliphatic carboxylic acids is 1. The molecule has 0 radical (unpaired) electrons. The highest BCUT2D eigenvalue weighted by Gasteiger charge is 2.32. The summed E-state index contributed by atoms with van der Waals surface area (Å²) in [6.45, 7) is 4.93. The van der Waals surface area contributed by atoms with Crippen LogP contribution in [0.3, 0.4) is 0 Å². The van der Waals surface area contributed by atoms with Crippen LogP contribution in [-0.4, -0.2) is 75.0 Å². The van der Waals surface area contributed by atoms with Gasteiger partial charge in [-0.2, -0.15) is 12.6 Å². The smallest absolute Gasteiger partial charge is 0.326 e. The van der Waals surface area contributed by atoms with Crippen LogP contribution in [0.2, 0.25) is 0 Å². The predicted octanol–water partition coefficient (Wildman–Crippen LogP) is -0.842. The molecule has 0 saturated carbocycles. The molecule has 0 aromatic heterocycles. The van der Waals surface area contributed by atoms with Crippen LogP contribution >= 0.6 is 12.6 Å². The fraction of sp³-hybridized carbons (Fsp3) is 0.545. The maximum Gasteiger partial charge on any atom is 0.326 e. The van der Waals surface area contributed by atoms with Gasteiger partial charge in [-0.25, -0.2) is 4.79 Å².